The number of benzene rings is 3. The predicted molar refractivity (Wildman–Crippen MR) is 171 cm³/mol. The molecule has 2 amide bonds. The van der Waals surface area contributed by atoms with E-state index in [2.05, 4.69) is 39.8 Å². The molecule has 0 radical (unpaired) electrons. The van der Waals surface area contributed by atoms with Crippen LogP contribution in [0.4, 0.5) is 4.39 Å². The van der Waals surface area contributed by atoms with Gasteiger partial charge in [-0.25, -0.2) is 9.40 Å². The lowest BCUT2D eigenvalue weighted by atomic mass is 10.00. The largest absolute Gasteiger partial charge is 0.345 e. The van der Waals surface area contributed by atoms with Crippen LogP contribution in [-0.4, -0.2) is 43.1 Å². The van der Waals surface area contributed by atoms with Gasteiger partial charge in [0.25, 0.3) is 11.8 Å². The van der Waals surface area contributed by atoms with Crippen LogP contribution in [0.3, 0.4) is 0 Å². The summed E-state index contributed by atoms with van der Waals surface area (Å²) in [5.41, 5.74) is 5.12. The highest BCUT2D eigenvalue weighted by Gasteiger charge is 2.33. The zero-order valence-electron chi connectivity index (χ0n) is 24.1. The highest BCUT2D eigenvalue weighted by Crippen LogP contribution is 2.35. The first-order chi connectivity index (χ1) is 21.4. The molecule has 0 saturated heterocycles. The molecule has 0 spiro atoms. The van der Waals surface area contributed by atoms with E-state index in [0.717, 1.165) is 33.0 Å². The molecule has 6 rings (SSSR count). The molecule has 0 aliphatic carbocycles. The second-order valence-electron chi connectivity index (χ2n) is 10.4. The minimum absolute atomic E-state index is 0.0564. The van der Waals surface area contributed by atoms with Crippen molar-refractivity contribution >= 4 is 40.6 Å². The second kappa shape index (κ2) is 12.9. The minimum Gasteiger partial charge on any atom is -0.345 e. The number of hydrazone groups is 1. The molecule has 0 unspecified atom stereocenters. The smallest absolute Gasteiger partial charge is 0.253 e. The molecule has 1 aliphatic rings. The summed E-state index contributed by atoms with van der Waals surface area (Å²) in [6.07, 6.45) is 0.634. The Kier molecular flexibility index (Phi) is 8.67. The minimum atomic E-state index is -0.488. The van der Waals surface area contributed by atoms with Gasteiger partial charge in [-0.15, -0.1) is 21.5 Å². The molecule has 44 heavy (non-hydrogen) atoms. The van der Waals surface area contributed by atoms with Crippen molar-refractivity contribution in [3.8, 4) is 5.69 Å². The van der Waals surface area contributed by atoms with E-state index in [1.165, 1.54) is 30.0 Å². The Morgan fingerprint density at radius 3 is 2.55 bits per heavy atom. The lowest BCUT2D eigenvalue weighted by molar-refractivity contribution is -0.130. The van der Waals surface area contributed by atoms with Crippen LogP contribution in [0.15, 0.2) is 101 Å². The summed E-state index contributed by atoms with van der Waals surface area (Å²) in [5, 5.41) is 20.4. The van der Waals surface area contributed by atoms with Gasteiger partial charge in [0.1, 0.15) is 5.82 Å². The van der Waals surface area contributed by atoms with Crippen molar-refractivity contribution in [2.24, 2.45) is 5.10 Å². The van der Waals surface area contributed by atoms with Crippen LogP contribution in [0.1, 0.15) is 50.2 Å². The molecule has 11 heteroatoms. The van der Waals surface area contributed by atoms with Gasteiger partial charge in [0, 0.05) is 17.7 Å². The predicted octanol–water partition coefficient (Wildman–Crippen LogP) is 6.48. The number of nitrogens with zero attached hydrogens (tertiary/aromatic N) is 5. The third-order valence-corrected chi connectivity index (χ3v) is 9.05. The molecule has 222 valence electrons. The highest BCUT2D eigenvalue weighted by molar-refractivity contribution is 7.99. The zero-order valence-corrected chi connectivity index (χ0v) is 25.7. The normalized spacial score (nSPS) is 14.5. The maximum Gasteiger partial charge on any atom is 0.253 e. The fraction of sp³-hybridized carbons (Fsp3) is 0.182. The summed E-state index contributed by atoms with van der Waals surface area (Å²) in [5.74, 6) is -0.496. The first-order valence-corrected chi connectivity index (χ1v) is 15.9. The molecule has 5 aromatic rings. The lowest BCUT2D eigenvalue weighted by Gasteiger charge is -2.22. The van der Waals surface area contributed by atoms with Crippen LogP contribution < -0.4 is 5.32 Å². The van der Waals surface area contributed by atoms with Crippen LogP contribution in [0, 0.1) is 19.7 Å². The molecule has 1 aliphatic heterocycles. The van der Waals surface area contributed by atoms with Crippen molar-refractivity contribution in [2.45, 2.75) is 38.0 Å². The zero-order chi connectivity index (χ0) is 30.6. The fourth-order valence-electron chi connectivity index (χ4n) is 5.00. The Hall–Kier alpha value is -4.61. The second-order valence-corrected chi connectivity index (χ2v) is 12.3. The third kappa shape index (κ3) is 6.48. The van der Waals surface area contributed by atoms with E-state index in [4.69, 9.17) is 5.10 Å². The number of hydrogen-bond acceptors (Lipinski definition) is 7. The fourth-order valence-corrected chi connectivity index (χ4v) is 6.54. The van der Waals surface area contributed by atoms with E-state index in [0.29, 0.717) is 17.4 Å². The first-order valence-electron chi connectivity index (χ1n) is 14.0. The number of carbonyl (C=O) groups is 2. The van der Waals surface area contributed by atoms with Gasteiger partial charge in [-0.05, 0) is 66.8 Å². The number of thiophene rings is 1. The van der Waals surface area contributed by atoms with Crippen molar-refractivity contribution < 1.29 is 14.0 Å². The molecule has 0 fully saturated rings. The van der Waals surface area contributed by atoms with E-state index in [-0.39, 0.29) is 29.8 Å². The maximum atomic E-state index is 13.7. The number of hydrogen-bond donors (Lipinski definition) is 1. The average Bonchev–Trinajstić information content (AvgIpc) is 3.79. The molecule has 3 heterocycles. The quantitative estimate of drug-likeness (QED) is 0.190. The summed E-state index contributed by atoms with van der Waals surface area (Å²) in [4.78, 5) is 27.5. The van der Waals surface area contributed by atoms with E-state index in [9.17, 15) is 14.0 Å². The van der Waals surface area contributed by atoms with Crippen LogP contribution in [0.25, 0.3) is 5.69 Å². The third-order valence-electron chi connectivity index (χ3n) is 7.21. The number of rotatable bonds is 9. The van der Waals surface area contributed by atoms with Crippen molar-refractivity contribution in [3.05, 3.63) is 129 Å². The number of aromatic nitrogens is 3. The maximum absolute atomic E-state index is 13.7. The number of thioether (sulfide) groups is 1. The molecule has 2 aromatic heterocycles. The number of nitrogens with one attached hydrogen (secondary N) is 1. The lowest BCUT2D eigenvalue weighted by Crippen LogP contribution is -2.28. The Bertz CT molecular complexity index is 1840. The van der Waals surface area contributed by atoms with Gasteiger partial charge < -0.3 is 5.32 Å². The van der Waals surface area contributed by atoms with Gasteiger partial charge >= 0.3 is 0 Å². The number of carbonyl (C=O) groups excluding carboxylic acids is 2. The van der Waals surface area contributed by atoms with Crippen molar-refractivity contribution in [1.29, 1.82) is 0 Å². The van der Waals surface area contributed by atoms with Crippen LogP contribution in [-0.2, 0) is 11.3 Å². The number of amides is 2. The van der Waals surface area contributed by atoms with Crippen LogP contribution in [0.2, 0.25) is 0 Å². The molecule has 3 aromatic carbocycles. The van der Waals surface area contributed by atoms with Crippen LogP contribution in [0.5, 0.6) is 0 Å². The highest BCUT2D eigenvalue weighted by atomic mass is 32.2. The van der Waals surface area contributed by atoms with Gasteiger partial charge in [0.15, 0.2) is 11.0 Å². The number of aryl methyl sites for hydroxylation is 2. The monoisotopic (exact) mass is 624 g/mol. The summed E-state index contributed by atoms with van der Waals surface area (Å²) >= 11 is 2.87. The van der Waals surface area contributed by atoms with E-state index >= 15 is 0 Å². The topological polar surface area (TPSA) is 92.5 Å². The summed E-state index contributed by atoms with van der Waals surface area (Å²) in [7, 11) is 0. The van der Waals surface area contributed by atoms with E-state index in [1.54, 1.807) is 22.4 Å². The molecule has 1 N–H and O–H groups in total. The molecule has 0 saturated carbocycles. The van der Waals surface area contributed by atoms with Gasteiger partial charge in [-0.2, -0.15) is 5.10 Å². The average molecular weight is 625 g/mol. The van der Waals surface area contributed by atoms with Crippen molar-refractivity contribution in [2.75, 3.05) is 5.75 Å². The molecule has 1 atom stereocenters. The van der Waals surface area contributed by atoms with Crippen LogP contribution >= 0.6 is 23.1 Å². The SMILES string of the molecule is Cc1ccc([C@H]2CC(c3cccs3)=NN2C(=O)CSc2nnc(CNC(=O)c3cccc(F)c3)n2-c2cccc(C)c2)cc1. The standard InChI is InChI=1S/C33H29FN6O2S2/c1-21-11-13-23(14-12-21)28-18-27(29-10-5-15-43-29)38-40(28)31(41)20-44-33-37-36-30(39(33)26-9-3-6-22(2)16-26)19-35-32(42)24-7-4-8-25(34)17-24/h3-17,28H,18-20H2,1-2H3,(H,35,42)/t28-/m1/s1. The van der Waals surface area contributed by atoms with Gasteiger partial charge in [-0.3, -0.25) is 14.2 Å². The van der Waals surface area contributed by atoms with Gasteiger partial charge in [0.05, 0.1) is 28.9 Å². The Morgan fingerprint density at radius 1 is 0.977 bits per heavy atom. The van der Waals surface area contributed by atoms with Crippen molar-refractivity contribution in [1.82, 2.24) is 25.1 Å². The van der Waals surface area contributed by atoms with E-state index in [1.807, 2.05) is 60.2 Å². The van der Waals surface area contributed by atoms with Crippen molar-refractivity contribution in [3.63, 3.8) is 0 Å². The Labute approximate surface area is 262 Å². The first kappa shape index (κ1) is 29.5. The molecule has 0 bridgehead atoms. The summed E-state index contributed by atoms with van der Waals surface area (Å²) in [6.45, 7) is 4.08. The van der Waals surface area contributed by atoms with Gasteiger partial charge in [0.2, 0.25) is 0 Å². The summed E-state index contributed by atoms with van der Waals surface area (Å²) in [6, 6.07) is 25.3. The summed E-state index contributed by atoms with van der Waals surface area (Å²) < 4.78 is 15.5. The Balaban J connectivity index is 1.24. The van der Waals surface area contributed by atoms with Gasteiger partial charge in [-0.1, -0.05) is 65.9 Å². The molecular formula is C33H29FN6O2S2. The van der Waals surface area contributed by atoms with E-state index < -0.39 is 11.7 Å². The Morgan fingerprint density at radius 2 is 1.80 bits per heavy atom. The molecule has 8 nitrogen and oxygen atoms in total. The molecular weight excluding hydrogens is 596 g/mol. The number of halogens is 1.